The number of para-hydroxylation sites is 1. The molecule has 0 aliphatic rings. The lowest BCUT2D eigenvalue weighted by Gasteiger charge is -2.14. The highest BCUT2D eigenvalue weighted by Gasteiger charge is 2.32. The number of carbonyl (C=O) groups excluding carboxylic acids is 2. The second-order valence-corrected chi connectivity index (χ2v) is 7.77. The van der Waals surface area contributed by atoms with Crippen LogP contribution in [0.15, 0.2) is 54.7 Å². The molecule has 1 atom stereocenters. The normalized spacial score (nSPS) is 12.3. The van der Waals surface area contributed by atoms with Crippen molar-refractivity contribution in [1.82, 2.24) is 15.1 Å². The second-order valence-electron chi connectivity index (χ2n) is 7.77. The van der Waals surface area contributed by atoms with Crippen LogP contribution in [0.1, 0.15) is 30.0 Å². The maximum absolute atomic E-state index is 12.3. The van der Waals surface area contributed by atoms with E-state index in [4.69, 9.17) is 4.74 Å². The SMILES string of the molecule is Cc1ccc(-c2nn(-c3ccccc3)cc2COC(=O)[C@@H](C)NC(=O)CC(F)(F)F)cc1C. The molecular formula is C24H24F3N3O3. The lowest BCUT2D eigenvalue weighted by atomic mass is 10.0. The average molecular weight is 459 g/mol. The van der Waals surface area contributed by atoms with Crippen LogP contribution in [0.5, 0.6) is 0 Å². The molecule has 3 aromatic rings. The van der Waals surface area contributed by atoms with E-state index in [0.717, 1.165) is 22.4 Å². The fraction of sp³-hybridized carbons (Fsp3) is 0.292. The van der Waals surface area contributed by atoms with E-state index < -0.39 is 30.5 Å². The number of carbonyl (C=O) groups is 2. The van der Waals surface area contributed by atoms with E-state index in [2.05, 4.69) is 5.10 Å². The number of hydrogen-bond donors (Lipinski definition) is 1. The predicted molar refractivity (Wildman–Crippen MR) is 117 cm³/mol. The summed E-state index contributed by atoms with van der Waals surface area (Å²) in [5.41, 5.74) is 5.08. The number of halogens is 3. The van der Waals surface area contributed by atoms with Gasteiger partial charge in [-0.1, -0.05) is 30.3 Å². The fourth-order valence-electron chi connectivity index (χ4n) is 3.17. The zero-order valence-electron chi connectivity index (χ0n) is 18.4. The number of nitrogens with one attached hydrogen (secondary N) is 1. The molecule has 0 radical (unpaired) electrons. The van der Waals surface area contributed by atoms with Crippen molar-refractivity contribution < 1.29 is 27.5 Å². The number of ether oxygens (including phenoxy) is 1. The molecule has 0 saturated heterocycles. The van der Waals surface area contributed by atoms with E-state index >= 15 is 0 Å². The third kappa shape index (κ3) is 6.44. The van der Waals surface area contributed by atoms with E-state index in [9.17, 15) is 22.8 Å². The largest absolute Gasteiger partial charge is 0.459 e. The predicted octanol–water partition coefficient (Wildman–Crippen LogP) is 4.66. The number of benzene rings is 2. The van der Waals surface area contributed by atoms with Crippen molar-refractivity contribution in [1.29, 1.82) is 0 Å². The van der Waals surface area contributed by atoms with Crippen molar-refractivity contribution in [3.8, 4) is 16.9 Å². The maximum Gasteiger partial charge on any atom is 0.397 e. The first-order valence-corrected chi connectivity index (χ1v) is 10.3. The topological polar surface area (TPSA) is 73.2 Å². The van der Waals surface area contributed by atoms with Crippen molar-refractivity contribution in [2.24, 2.45) is 0 Å². The first-order valence-electron chi connectivity index (χ1n) is 10.3. The maximum atomic E-state index is 12.3. The molecule has 0 bridgehead atoms. The van der Waals surface area contributed by atoms with Gasteiger partial charge in [0.15, 0.2) is 0 Å². The summed E-state index contributed by atoms with van der Waals surface area (Å²) < 4.78 is 44.0. The van der Waals surface area contributed by atoms with E-state index in [1.165, 1.54) is 6.92 Å². The standard InChI is InChI=1S/C24H24F3N3O3/c1-15-9-10-18(11-16(15)2)22-19(13-30(29-22)20-7-5-4-6-8-20)14-33-23(32)17(3)28-21(31)12-24(25,26)27/h4-11,13,17H,12,14H2,1-3H3,(H,28,31)/t17-/m1/s1. The van der Waals surface area contributed by atoms with Crippen LogP contribution in [0.3, 0.4) is 0 Å². The van der Waals surface area contributed by atoms with Crippen molar-refractivity contribution >= 4 is 11.9 Å². The molecule has 0 unspecified atom stereocenters. The van der Waals surface area contributed by atoms with Gasteiger partial charge in [-0.15, -0.1) is 0 Å². The minimum Gasteiger partial charge on any atom is -0.459 e. The van der Waals surface area contributed by atoms with Gasteiger partial charge in [-0.25, -0.2) is 9.48 Å². The summed E-state index contributed by atoms with van der Waals surface area (Å²) >= 11 is 0. The molecular weight excluding hydrogens is 435 g/mol. The van der Waals surface area contributed by atoms with Gasteiger partial charge in [0.05, 0.1) is 11.4 Å². The highest BCUT2D eigenvalue weighted by Crippen LogP contribution is 2.26. The summed E-state index contributed by atoms with van der Waals surface area (Å²) in [6.45, 7) is 5.10. The Hall–Kier alpha value is -3.62. The molecule has 9 heteroatoms. The molecule has 33 heavy (non-hydrogen) atoms. The van der Waals surface area contributed by atoms with Crippen LogP contribution in [-0.2, 0) is 20.9 Å². The molecule has 6 nitrogen and oxygen atoms in total. The van der Waals surface area contributed by atoms with Crippen molar-refractivity contribution in [3.05, 3.63) is 71.4 Å². The number of alkyl halides is 3. The number of nitrogens with zero attached hydrogens (tertiary/aromatic N) is 2. The minimum absolute atomic E-state index is 0.159. The van der Waals surface area contributed by atoms with Gasteiger partial charge in [-0.05, 0) is 50.1 Å². The monoisotopic (exact) mass is 459 g/mol. The third-order valence-electron chi connectivity index (χ3n) is 5.05. The van der Waals surface area contributed by atoms with Gasteiger partial charge in [0.25, 0.3) is 0 Å². The second kappa shape index (κ2) is 9.89. The van der Waals surface area contributed by atoms with Crippen LogP contribution in [0.2, 0.25) is 0 Å². The molecule has 2 aromatic carbocycles. The Kier molecular flexibility index (Phi) is 7.20. The number of hydrogen-bond acceptors (Lipinski definition) is 4. The van der Waals surface area contributed by atoms with Crippen molar-refractivity contribution in [2.45, 2.75) is 46.0 Å². The molecule has 174 valence electrons. The van der Waals surface area contributed by atoms with Gasteiger partial charge in [-0.2, -0.15) is 18.3 Å². The van der Waals surface area contributed by atoms with Gasteiger partial charge in [0.2, 0.25) is 5.91 Å². The Morgan fingerprint density at radius 3 is 2.42 bits per heavy atom. The molecule has 0 saturated carbocycles. The quantitative estimate of drug-likeness (QED) is 0.522. The highest BCUT2D eigenvalue weighted by atomic mass is 19.4. The smallest absolute Gasteiger partial charge is 0.397 e. The number of esters is 1. The third-order valence-corrected chi connectivity index (χ3v) is 5.05. The van der Waals surface area contributed by atoms with Crippen LogP contribution in [0, 0.1) is 13.8 Å². The Bertz CT molecular complexity index is 1140. The molecule has 1 heterocycles. The molecule has 3 rings (SSSR count). The lowest BCUT2D eigenvalue weighted by Crippen LogP contribution is -2.41. The summed E-state index contributed by atoms with van der Waals surface area (Å²) in [6, 6.07) is 14.0. The first-order chi connectivity index (χ1) is 15.5. The van der Waals surface area contributed by atoms with Crippen molar-refractivity contribution in [3.63, 3.8) is 0 Å². The molecule has 0 aliphatic carbocycles. The Morgan fingerprint density at radius 2 is 1.79 bits per heavy atom. The van der Waals surface area contributed by atoms with E-state index in [0.29, 0.717) is 11.3 Å². The number of amides is 1. The summed E-state index contributed by atoms with van der Waals surface area (Å²) in [6.07, 6.45) is -4.58. The first kappa shape index (κ1) is 24.0. The summed E-state index contributed by atoms with van der Waals surface area (Å²) in [4.78, 5) is 23.7. The fourth-order valence-corrected chi connectivity index (χ4v) is 3.17. The van der Waals surface area contributed by atoms with Gasteiger partial charge >= 0.3 is 12.1 Å². The van der Waals surface area contributed by atoms with Crippen molar-refractivity contribution in [2.75, 3.05) is 0 Å². The average Bonchev–Trinajstić information content (AvgIpc) is 3.17. The Labute approximate surface area is 189 Å². The highest BCUT2D eigenvalue weighted by molar-refractivity contribution is 5.84. The van der Waals surface area contributed by atoms with Gasteiger partial charge in [0.1, 0.15) is 19.1 Å². The van der Waals surface area contributed by atoms with Crippen LogP contribution >= 0.6 is 0 Å². The summed E-state index contributed by atoms with van der Waals surface area (Å²) in [5, 5.41) is 6.67. The van der Waals surface area contributed by atoms with Crippen LogP contribution in [-0.4, -0.2) is 33.9 Å². The van der Waals surface area contributed by atoms with E-state index in [1.807, 2.05) is 67.7 Å². The Morgan fingerprint density at radius 1 is 1.09 bits per heavy atom. The summed E-state index contributed by atoms with van der Waals surface area (Å²) in [7, 11) is 0. The van der Waals surface area contributed by atoms with E-state index in [-0.39, 0.29) is 6.61 Å². The molecule has 1 aromatic heterocycles. The molecule has 1 N–H and O–H groups in total. The zero-order valence-corrected chi connectivity index (χ0v) is 18.4. The lowest BCUT2D eigenvalue weighted by molar-refractivity contribution is -0.158. The molecule has 0 spiro atoms. The van der Waals surface area contributed by atoms with Crippen LogP contribution < -0.4 is 5.32 Å². The number of aromatic nitrogens is 2. The van der Waals surface area contributed by atoms with Gasteiger partial charge < -0.3 is 10.1 Å². The number of aryl methyl sites for hydroxylation is 2. The Balaban J connectivity index is 1.79. The minimum atomic E-state index is -4.65. The molecule has 1 amide bonds. The number of rotatable bonds is 7. The van der Waals surface area contributed by atoms with Crippen LogP contribution in [0.4, 0.5) is 13.2 Å². The zero-order chi connectivity index (χ0) is 24.2. The molecule has 0 fully saturated rings. The van der Waals surface area contributed by atoms with E-state index in [1.54, 1.807) is 10.9 Å². The van der Waals surface area contributed by atoms with Gasteiger partial charge in [0, 0.05) is 17.3 Å². The van der Waals surface area contributed by atoms with Gasteiger partial charge in [-0.3, -0.25) is 4.79 Å². The summed E-state index contributed by atoms with van der Waals surface area (Å²) in [5.74, 6) is -2.14. The molecule has 0 aliphatic heterocycles. The van der Waals surface area contributed by atoms with Crippen LogP contribution in [0.25, 0.3) is 16.9 Å².